The summed E-state index contributed by atoms with van der Waals surface area (Å²) in [5, 5.41) is 3.49. The first-order valence-electron chi connectivity index (χ1n) is 5.89. The molecule has 1 aliphatic rings. The number of rotatable bonds is 5. The Labute approximate surface area is 87.8 Å². The Hall–Kier alpha value is -0.120. The van der Waals surface area contributed by atoms with Crippen LogP contribution >= 0.6 is 0 Å². The van der Waals surface area contributed by atoms with Crippen LogP contribution in [0.1, 0.15) is 27.2 Å². The third-order valence-electron chi connectivity index (χ3n) is 2.98. The lowest BCUT2D eigenvalue weighted by Crippen LogP contribution is -2.51. The molecule has 0 spiro atoms. The number of hydrogen-bond acceptors (Lipinski definition) is 3. The van der Waals surface area contributed by atoms with Crippen molar-refractivity contribution in [2.75, 3.05) is 32.8 Å². The van der Waals surface area contributed by atoms with Gasteiger partial charge in [0.2, 0.25) is 0 Å². The smallest absolute Gasteiger partial charge is 0.0855 e. The van der Waals surface area contributed by atoms with E-state index in [0.29, 0.717) is 12.1 Å². The van der Waals surface area contributed by atoms with Crippen molar-refractivity contribution >= 4 is 0 Å². The Balaban J connectivity index is 2.40. The first-order chi connectivity index (χ1) is 6.81. The zero-order chi connectivity index (χ0) is 10.4. The molecule has 0 aromatic rings. The van der Waals surface area contributed by atoms with E-state index >= 15 is 0 Å². The van der Waals surface area contributed by atoms with Crippen molar-refractivity contribution in [3.05, 3.63) is 0 Å². The van der Waals surface area contributed by atoms with Gasteiger partial charge in [-0.05, 0) is 19.5 Å². The third kappa shape index (κ3) is 3.23. The molecule has 14 heavy (non-hydrogen) atoms. The Bertz CT molecular complexity index is 152. The largest absolute Gasteiger partial charge is 0.374 e. The van der Waals surface area contributed by atoms with Gasteiger partial charge in [0.15, 0.2) is 0 Å². The van der Waals surface area contributed by atoms with Gasteiger partial charge in [-0.1, -0.05) is 20.8 Å². The maximum Gasteiger partial charge on any atom is 0.0855 e. The van der Waals surface area contributed by atoms with Crippen LogP contribution in [-0.4, -0.2) is 49.8 Å². The molecule has 1 heterocycles. The Morgan fingerprint density at radius 2 is 2.21 bits per heavy atom. The van der Waals surface area contributed by atoms with Crippen LogP contribution in [0, 0.1) is 0 Å². The minimum absolute atomic E-state index is 0.383. The molecule has 1 fully saturated rings. The average molecular weight is 200 g/mol. The average Bonchev–Trinajstić information content (AvgIpc) is 2.26. The predicted octanol–water partition coefficient (Wildman–Crippen LogP) is 1.10. The van der Waals surface area contributed by atoms with Crippen molar-refractivity contribution in [1.29, 1.82) is 0 Å². The molecule has 0 aromatic carbocycles. The van der Waals surface area contributed by atoms with E-state index in [1.165, 1.54) is 0 Å². The fourth-order valence-corrected chi connectivity index (χ4v) is 2.06. The zero-order valence-electron chi connectivity index (χ0n) is 9.75. The molecule has 1 aliphatic heterocycles. The SMILES string of the molecule is CCNC(CC)C1CN(CC)CCO1. The molecule has 1 saturated heterocycles. The summed E-state index contributed by atoms with van der Waals surface area (Å²) in [7, 11) is 0. The molecular formula is C11H24N2O. The first-order valence-corrected chi connectivity index (χ1v) is 5.89. The van der Waals surface area contributed by atoms with E-state index in [-0.39, 0.29) is 0 Å². The number of nitrogens with zero attached hydrogens (tertiary/aromatic N) is 1. The normalized spacial score (nSPS) is 26.4. The minimum atomic E-state index is 0.383. The molecule has 3 heteroatoms. The van der Waals surface area contributed by atoms with Gasteiger partial charge in [-0.3, -0.25) is 4.90 Å². The van der Waals surface area contributed by atoms with Crippen LogP contribution in [0.5, 0.6) is 0 Å². The molecule has 0 aliphatic carbocycles. The summed E-state index contributed by atoms with van der Waals surface area (Å²) >= 11 is 0. The van der Waals surface area contributed by atoms with Crippen LogP contribution in [0.3, 0.4) is 0 Å². The van der Waals surface area contributed by atoms with Crippen molar-refractivity contribution in [1.82, 2.24) is 10.2 Å². The van der Waals surface area contributed by atoms with Gasteiger partial charge in [0, 0.05) is 19.1 Å². The van der Waals surface area contributed by atoms with E-state index in [1.807, 2.05) is 0 Å². The van der Waals surface area contributed by atoms with Gasteiger partial charge in [-0.2, -0.15) is 0 Å². The van der Waals surface area contributed by atoms with E-state index in [9.17, 15) is 0 Å². The summed E-state index contributed by atoms with van der Waals surface area (Å²) in [5.41, 5.74) is 0. The number of nitrogens with one attached hydrogen (secondary N) is 1. The second-order valence-electron chi connectivity index (χ2n) is 3.87. The number of hydrogen-bond donors (Lipinski definition) is 1. The molecule has 2 unspecified atom stereocenters. The standard InChI is InChI=1S/C11H24N2O/c1-4-10(12-5-2)11-9-13(6-3)7-8-14-11/h10-12H,4-9H2,1-3H3. The topological polar surface area (TPSA) is 24.5 Å². The molecule has 1 rings (SSSR count). The lowest BCUT2D eigenvalue weighted by Gasteiger charge is -2.36. The van der Waals surface area contributed by atoms with Crippen molar-refractivity contribution in [3.8, 4) is 0 Å². The van der Waals surface area contributed by atoms with Gasteiger partial charge in [-0.15, -0.1) is 0 Å². The highest BCUT2D eigenvalue weighted by Crippen LogP contribution is 2.10. The third-order valence-corrected chi connectivity index (χ3v) is 2.98. The molecule has 84 valence electrons. The fourth-order valence-electron chi connectivity index (χ4n) is 2.06. The molecular weight excluding hydrogens is 176 g/mol. The van der Waals surface area contributed by atoms with Crippen molar-refractivity contribution < 1.29 is 4.74 Å². The van der Waals surface area contributed by atoms with Crippen molar-refractivity contribution in [2.24, 2.45) is 0 Å². The van der Waals surface area contributed by atoms with Gasteiger partial charge < -0.3 is 10.1 Å². The van der Waals surface area contributed by atoms with Gasteiger partial charge >= 0.3 is 0 Å². The maximum atomic E-state index is 5.81. The summed E-state index contributed by atoms with van der Waals surface area (Å²) in [6.07, 6.45) is 1.53. The molecule has 0 bridgehead atoms. The molecule has 0 saturated carbocycles. The number of ether oxygens (including phenoxy) is 1. The molecule has 0 radical (unpaired) electrons. The van der Waals surface area contributed by atoms with Gasteiger partial charge in [0.25, 0.3) is 0 Å². The van der Waals surface area contributed by atoms with E-state index in [0.717, 1.165) is 39.2 Å². The molecule has 3 nitrogen and oxygen atoms in total. The summed E-state index contributed by atoms with van der Waals surface area (Å²) in [5.74, 6) is 0. The Kier molecular flexibility index (Phi) is 5.45. The van der Waals surface area contributed by atoms with Gasteiger partial charge in [0.1, 0.15) is 0 Å². The fraction of sp³-hybridized carbons (Fsp3) is 1.00. The second kappa shape index (κ2) is 6.38. The lowest BCUT2D eigenvalue weighted by atomic mass is 10.1. The predicted molar refractivity (Wildman–Crippen MR) is 59.6 cm³/mol. The van der Waals surface area contributed by atoms with Crippen molar-refractivity contribution in [2.45, 2.75) is 39.3 Å². The van der Waals surface area contributed by atoms with Crippen LogP contribution in [0.2, 0.25) is 0 Å². The second-order valence-corrected chi connectivity index (χ2v) is 3.87. The highest BCUT2D eigenvalue weighted by atomic mass is 16.5. The molecule has 0 aromatic heterocycles. The van der Waals surface area contributed by atoms with Crippen LogP contribution < -0.4 is 5.32 Å². The molecule has 0 amide bonds. The van der Waals surface area contributed by atoms with Crippen LogP contribution in [0.4, 0.5) is 0 Å². The van der Waals surface area contributed by atoms with Crippen LogP contribution in [0.15, 0.2) is 0 Å². The van der Waals surface area contributed by atoms with E-state index in [1.54, 1.807) is 0 Å². The quantitative estimate of drug-likeness (QED) is 0.719. The van der Waals surface area contributed by atoms with Gasteiger partial charge in [-0.25, -0.2) is 0 Å². The van der Waals surface area contributed by atoms with E-state index in [4.69, 9.17) is 4.74 Å². The molecule has 2 atom stereocenters. The molecule has 1 N–H and O–H groups in total. The first kappa shape index (κ1) is 12.0. The van der Waals surface area contributed by atoms with E-state index in [2.05, 4.69) is 31.0 Å². The number of morpholine rings is 1. The lowest BCUT2D eigenvalue weighted by molar-refractivity contribution is -0.0451. The van der Waals surface area contributed by atoms with Crippen molar-refractivity contribution in [3.63, 3.8) is 0 Å². The monoisotopic (exact) mass is 200 g/mol. The maximum absolute atomic E-state index is 5.81. The number of likely N-dealkylation sites (N-methyl/N-ethyl adjacent to an activating group) is 2. The summed E-state index contributed by atoms with van der Waals surface area (Å²) in [6.45, 7) is 11.8. The van der Waals surface area contributed by atoms with Crippen LogP contribution in [-0.2, 0) is 4.74 Å². The van der Waals surface area contributed by atoms with Gasteiger partial charge in [0.05, 0.1) is 12.7 Å². The summed E-state index contributed by atoms with van der Waals surface area (Å²) in [4.78, 5) is 2.47. The zero-order valence-corrected chi connectivity index (χ0v) is 9.75. The van der Waals surface area contributed by atoms with E-state index < -0.39 is 0 Å². The van der Waals surface area contributed by atoms with Crippen LogP contribution in [0.25, 0.3) is 0 Å². The summed E-state index contributed by atoms with van der Waals surface area (Å²) < 4.78 is 5.81. The highest BCUT2D eigenvalue weighted by molar-refractivity contribution is 4.81. The minimum Gasteiger partial charge on any atom is -0.374 e. The Morgan fingerprint density at radius 1 is 1.43 bits per heavy atom. The Morgan fingerprint density at radius 3 is 2.79 bits per heavy atom. The summed E-state index contributed by atoms with van der Waals surface area (Å²) in [6, 6.07) is 0.523. The highest BCUT2D eigenvalue weighted by Gasteiger charge is 2.25.